The van der Waals surface area contributed by atoms with Crippen LogP contribution in [0.3, 0.4) is 0 Å². The van der Waals surface area contributed by atoms with Crippen LogP contribution in [-0.2, 0) is 27.3 Å². The molecule has 0 bridgehead atoms. The first-order valence-electron chi connectivity index (χ1n) is 13.6. The minimum Gasteiger partial charge on any atom is -0.491 e. The molecule has 39 heavy (non-hydrogen) atoms. The Balaban J connectivity index is 1.23. The molecule has 2 aromatic carbocycles. The highest BCUT2D eigenvalue weighted by atomic mass is 35.5. The molecule has 206 valence electrons. The lowest BCUT2D eigenvalue weighted by molar-refractivity contribution is -0.145. The fraction of sp³-hybridized carbons (Fsp3) is 0.467. The molecule has 4 amide bonds. The summed E-state index contributed by atoms with van der Waals surface area (Å²) in [6.07, 6.45) is 4.01. The summed E-state index contributed by atoms with van der Waals surface area (Å²) in [6.45, 7) is 5.32. The summed E-state index contributed by atoms with van der Waals surface area (Å²) in [5, 5.41) is 2.99. The monoisotopic (exact) mass is 551 g/mol. The van der Waals surface area contributed by atoms with E-state index in [1.54, 1.807) is 12.1 Å². The molecule has 2 saturated heterocycles. The van der Waals surface area contributed by atoms with Gasteiger partial charge >= 0.3 is 0 Å². The molecule has 0 aliphatic carbocycles. The highest BCUT2D eigenvalue weighted by molar-refractivity contribution is 6.30. The van der Waals surface area contributed by atoms with Gasteiger partial charge in [-0.3, -0.25) is 24.5 Å². The Morgan fingerprint density at radius 2 is 1.92 bits per heavy atom. The zero-order valence-electron chi connectivity index (χ0n) is 22.4. The summed E-state index contributed by atoms with van der Waals surface area (Å²) in [5.41, 5.74) is 1.78. The van der Waals surface area contributed by atoms with E-state index in [4.69, 9.17) is 16.3 Å². The third-order valence-corrected chi connectivity index (χ3v) is 8.17. The second kappa shape index (κ2) is 11.0. The average molecular weight is 552 g/mol. The Kier molecular flexibility index (Phi) is 7.67. The van der Waals surface area contributed by atoms with Crippen molar-refractivity contribution < 1.29 is 23.9 Å². The fourth-order valence-electron chi connectivity index (χ4n) is 5.90. The number of carbonyl (C=O) groups is 4. The first kappa shape index (κ1) is 27.2. The number of likely N-dealkylation sites (tertiary alicyclic amines) is 1. The number of halogens is 1. The van der Waals surface area contributed by atoms with E-state index in [1.807, 2.05) is 49.1 Å². The maximum absolute atomic E-state index is 13.7. The number of piperidine rings is 2. The first-order valence-corrected chi connectivity index (χ1v) is 14.0. The molecule has 0 saturated carbocycles. The maximum atomic E-state index is 13.7. The van der Waals surface area contributed by atoms with Crippen LogP contribution in [0.15, 0.2) is 42.5 Å². The normalized spacial score (nSPS) is 21.6. The fourth-order valence-corrected chi connectivity index (χ4v) is 6.11. The Hall–Kier alpha value is -3.39. The molecule has 2 fully saturated rings. The van der Waals surface area contributed by atoms with E-state index < -0.39 is 17.4 Å². The van der Waals surface area contributed by atoms with Crippen molar-refractivity contribution in [2.24, 2.45) is 5.41 Å². The largest absolute Gasteiger partial charge is 0.491 e. The topological polar surface area (TPSA) is 96.0 Å². The minimum absolute atomic E-state index is 0.0419. The van der Waals surface area contributed by atoms with Gasteiger partial charge in [0.05, 0.1) is 6.04 Å². The van der Waals surface area contributed by atoms with Crippen molar-refractivity contribution in [3.63, 3.8) is 0 Å². The van der Waals surface area contributed by atoms with Gasteiger partial charge in [0.25, 0.3) is 5.91 Å². The van der Waals surface area contributed by atoms with Crippen LogP contribution in [0.1, 0.15) is 67.4 Å². The van der Waals surface area contributed by atoms with Gasteiger partial charge in [0.15, 0.2) is 0 Å². The molecule has 5 rings (SSSR count). The number of ether oxygens (including phenoxy) is 1. The summed E-state index contributed by atoms with van der Waals surface area (Å²) in [7, 11) is 0. The summed E-state index contributed by atoms with van der Waals surface area (Å²) < 4.78 is 6.18. The molecule has 0 radical (unpaired) electrons. The van der Waals surface area contributed by atoms with Crippen molar-refractivity contribution in [2.75, 3.05) is 13.2 Å². The second-order valence-corrected chi connectivity index (χ2v) is 11.8. The first-order chi connectivity index (χ1) is 18.6. The number of fused-ring (bicyclic) bond motifs is 1. The van der Waals surface area contributed by atoms with Gasteiger partial charge in [0.2, 0.25) is 17.7 Å². The van der Waals surface area contributed by atoms with E-state index >= 15 is 0 Å². The van der Waals surface area contributed by atoms with Gasteiger partial charge in [-0.15, -0.1) is 0 Å². The number of hydrogen-bond donors (Lipinski definition) is 1. The number of amides is 4. The van der Waals surface area contributed by atoms with Crippen molar-refractivity contribution in [2.45, 2.75) is 71.0 Å². The molecule has 3 aliphatic heterocycles. The van der Waals surface area contributed by atoms with Crippen LogP contribution in [0.2, 0.25) is 5.02 Å². The summed E-state index contributed by atoms with van der Waals surface area (Å²) in [5.74, 6) is -0.210. The molecule has 9 heteroatoms. The zero-order valence-corrected chi connectivity index (χ0v) is 23.1. The Labute approximate surface area is 233 Å². The number of nitrogens with one attached hydrogen (secondary N) is 1. The molecule has 2 atom stereocenters. The van der Waals surface area contributed by atoms with E-state index in [9.17, 15) is 19.2 Å². The molecule has 2 aromatic rings. The van der Waals surface area contributed by atoms with Crippen molar-refractivity contribution >= 4 is 35.2 Å². The van der Waals surface area contributed by atoms with Crippen LogP contribution in [0.5, 0.6) is 5.75 Å². The third-order valence-electron chi connectivity index (χ3n) is 7.94. The number of carbonyl (C=O) groups excluding carboxylic acids is 4. The lowest BCUT2D eigenvalue weighted by Crippen LogP contribution is -2.52. The predicted octanol–water partition coefficient (Wildman–Crippen LogP) is 4.13. The third kappa shape index (κ3) is 5.81. The Morgan fingerprint density at radius 3 is 2.69 bits per heavy atom. The van der Waals surface area contributed by atoms with Crippen LogP contribution < -0.4 is 10.1 Å². The lowest BCUT2D eigenvalue weighted by atomic mass is 9.83. The molecular formula is C30H34ClN3O5. The predicted molar refractivity (Wildman–Crippen MR) is 146 cm³/mol. The smallest absolute Gasteiger partial charge is 0.255 e. The molecule has 0 aromatic heterocycles. The standard InChI is InChI=1S/C30H34ClN3O5/c1-30(2,16-19-6-5-7-21(31)14-19)29(38)33-13-4-3-8-22(33)18-39-23-9-10-24-20(15-23)17-34(28(24)37)25-11-12-26(35)32-27(25)36/h5-7,9-10,14-15,22,25H,3-4,8,11-13,16-18H2,1-2H3,(H,32,35,36)/t22-,25?/m1/s1. The highest BCUT2D eigenvalue weighted by Gasteiger charge is 2.40. The van der Waals surface area contributed by atoms with Crippen LogP contribution >= 0.6 is 11.6 Å². The Bertz CT molecular complexity index is 1310. The van der Waals surface area contributed by atoms with Crippen LogP contribution in [0, 0.1) is 5.41 Å². The van der Waals surface area contributed by atoms with Gasteiger partial charge in [0, 0.05) is 35.5 Å². The number of nitrogens with zero attached hydrogens (tertiary/aromatic N) is 2. The van der Waals surface area contributed by atoms with Crippen molar-refractivity contribution in [3.05, 3.63) is 64.2 Å². The number of rotatable bonds is 7. The van der Waals surface area contributed by atoms with E-state index in [0.29, 0.717) is 48.9 Å². The number of hydrogen-bond acceptors (Lipinski definition) is 5. The summed E-state index contributed by atoms with van der Waals surface area (Å²) in [6, 6.07) is 12.3. The summed E-state index contributed by atoms with van der Waals surface area (Å²) >= 11 is 6.16. The molecule has 3 aliphatic rings. The lowest BCUT2D eigenvalue weighted by Gasteiger charge is -2.40. The average Bonchev–Trinajstić information content (AvgIpc) is 3.22. The summed E-state index contributed by atoms with van der Waals surface area (Å²) in [4.78, 5) is 54.0. The Morgan fingerprint density at radius 1 is 1.10 bits per heavy atom. The SMILES string of the molecule is CC(C)(Cc1cccc(Cl)c1)C(=O)N1CCCC[C@@H]1COc1ccc2c(c1)CN(C1CCC(=O)NC1=O)C2=O. The van der Waals surface area contributed by atoms with E-state index in [0.717, 1.165) is 30.4 Å². The van der Waals surface area contributed by atoms with Crippen molar-refractivity contribution in [3.8, 4) is 5.75 Å². The van der Waals surface area contributed by atoms with E-state index in [1.165, 1.54) is 4.90 Å². The molecule has 8 nitrogen and oxygen atoms in total. The van der Waals surface area contributed by atoms with Crippen molar-refractivity contribution in [1.29, 1.82) is 0 Å². The zero-order chi connectivity index (χ0) is 27.7. The quantitative estimate of drug-likeness (QED) is 0.522. The molecule has 1 unspecified atom stereocenters. The number of benzene rings is 2. The van der Waals surface area contributed by atoms with Gasteiger partial charge in [-0.05, 0) is 73.6 Å². The highest BCUT2D eigenvalue weighted by Crippen LogP contribution is 2.32. The minimum atomic E-state index is -0.649. The second-order valence-electron chi connectivity index (χ2n) is 11.4. The van der Waals surface area contributed by atoms with Gasteiger partial charge in [-0.1, -0.05) is 37.6 Å². The maximum Gasteiger partial charge on any atom is 0.255 e. The van der Waals surface area contributed by atoms with Gasteiger partial charge in [-0.25, -0.2) is 0 Å². The van der Waals surface area contributed by atoms with Crippen LogP contribution in [-0.4, -0.2) is 58.7 Å². The molecule has 3 heterocycles. The van der Waals surface area contributed by atoms with Gasteiger partial charge in [-0.2, -0.15) is 0 Å². The van der Waals surface area contributed by atoms with Crippen LogP contribution in [0.25, 0.3) is 0 Å². The van der Waals surface area contributed by atoms with E-state index in [2.05, 4.69) is 5.32 Å². The van der Waals surface area contributed by atoms with E-state index in [-0.39, 0.29) is 30.2 Å². The molecular weight excluding hydrogens is 518 g/mol. The van der Waals surface area contributed by atoms with Gasteiger partial charge < -0.3 is 14.5 Å². The van der Waals surface area contributed by atoms with Crippen LogP contribution in [0.4, 0.5) is 0 Å². The molecule has 0 spiro atoms. The van der Waals surface area contributed by atoms with Gasteiger partial charge in [0.1, 0.15) is 18.4 Å². The number of imide groups is 1. The van der Waals surface area contributed by atoms with Crippen molar-refractivity contribution in [1.82, 2.24) is 15.1 Å². The molecule has 1 N–H and O–H groups in total.